The van der Waals surface area contributed by atoms with E-state index >= 15 is 0 Å². The van der Waals surface area contributed by atoms with Gasteiger partial charge >= 0.3 is 0 Å². The summed E-state index contributed by atoms with van der Waals surface area (Å²) in [5.41, 5.74) is 3.05. The summed E-state index contributed by atoms with van der Waals surface area (Å²) in [7, 11) is 0. The molecule has 0 aromatic rings. The number of allylic oxidation sites excluding steroid dienone is 8. The normalized spacial score (nSPS) is 11.1. The molecule has 0 atom stereocenters. The molecule has 0 aliphatic carbocycles. The van der Waals surface area contributed by atoms with E-state index in [-0.39, 0.29) is 0 Å². The third-order valence-corrected chi connectivity index (χ3v) is 2.16. The first-order valence-corrected chi connectivity index (χ1v) is 6.42. The first-order valence-electron chi connectivity index (χ1n) is 6.42. The van der Waals surface area contributed by atoms with Gasteiger partial charge in [-0.1, -0.05) is 68.9 Å². The van der Waals surface area contributed by atoms with Crippen molar-refractivity contribution in [1.82, 2.24) is 0 Å². The zero-order valence-electron chi connectivity index (χ0n) is 10.9. The van der Waals surface area contributed by atoms with E-state index in [9.17, 15) is 0 Å². The molecular formula is C17H24. The SMILES string of the molecule is C=C/C=C/C=C=C/C=C/CC/C=C/CCCC. The van der Waals surface area contributed by atoms with Crippen LogP contribution in [-0.4, -0.2) is 0 Å². The van der Waals surface area contributed by atoms with Crippen molar-refractivity contribution < 1.29 is 0 Å². The highest BCUT2D eigenvalue weighted by molar-refractivity contribution is 5.11. The Bertz CT molecular complexity index is 307. The lowest BCUT2D eigenvalue weighted by atomic mass is 10.2. The largest absolute Gasteiger partial charge is 0.121 e. The van der Waals surface area contributed by atoms with Crippen molar-refractivity contribution in [3.63, 3.8) is 0 Å². The predicted octanol–water partition coefficient (Wildman–Crippen LogP) is 5.52. The highest BCUT2D eigenvalue weighted by atomic mass is 13.8. The van der Waals surface area contributed by atoms with Gasteiger partial charge in [-0.05, 0) is 31.4 Å². The second-order valence-corrected chi connectivity index (χ2v) is 3.74. The van der Waals surface area contributed by atoms with Crippen molar-refractivity contribution in [2.45, 2.75) is 39.0 Å². The Kier molecular flexibility index (Phi) is 13.2. The van der Waals surface area contributed by atoms with Gasteiger partial charge in [-0.3, -0.25) is 0 Å². The van der Waals surface area contributed by atoms with E-state index < -0.39 is 0 Å². The van der Waals surface area contributed by atoms with Crippen LogP contribution in [0.4, 0.5) is 0 Å². The summed E-state index contributed by atoms with van der Waals surface area (Å²) in [5, 5.41) is 0. The molecule has 92 valence electrons. The molecule has 0 aromatic heterocycles. The minimum Gasteiger partial charge on any atom is -0.121 e. The van der Waals surface area contributed by atoms with Crippen molar-refractivity contribution in [3.05, 3.63) is 67.0 Å². The number of unbranched alkanes of at least 4 members (excludes halogenated alkanes) is 3. The van der Waals surface area contributed by atoms with E-state index in [0.29, 0.717) is 0 Å². The maximum atomic E-state index is 3.59. The summed E-state index contributed by atoms with van der Waals surface area (Å²) in [4.78, 5) is 0. The molecule has 0 unspecified atom stereocenters. The Labute approximate surface area is 106 Å². The van der Waals surface area contributed by atoms with E-state index in [1.165, 1.54) is 19.3 Å². The van der Waals surface area contributed by atoms with Crippen molar-refractivity contribution in [2.75, 3.05) is 0 Å². The molecule has 0 aromatic carbocycles. The first kappa shape index (κ1) is 15.5. The average Bonchev–Trinajstić information content (AvgIpc) is 2.35. The molecule has 0 saturated carbocycles. The van der Waals surface area contributed by atoms with E-state index in [4.69, 9.17) is 0 Å². The minimum absolute atomic E-state index is 1.10. The number of rotatable bonds is 9. The van der Waals surface area contributed by atoms with Crippen LogP contribution in [0.5, 0.6) is 0 Å². The second-order valence-electron chi connectivity index (χ2n) is 3.74. The zero-order chi connectivity index (χ0) is 12.6. The Morgan fingerprint density at radius 1 is 0.882 bits per heavy atom. The first-order chi connectivity index (χ1) is 8.41. The second kappa shape index (κ2) is 14.5. The molecule has 0 aliphatic rings. The summed E-state index contributed by atoms with van der Waals surface area (Å²) < 4.78 is 0. The van der Waals surface area contributed by atoms with Crippen LogP contribution < -0.4 is 0 Å². The zero-order valence-corrected chi connectivity index (χ0v) is 10.9. The summed E-state index contributed by atoms with van der Waals surface area (Å²) in [6, 6.07) is 0. The molecule has 0 heteroatoms. The Morgan fingerprint density at radius 3 is 2.35 bits per heavy atom. The molecule has 0 rings (SSSR count). The van der Waals surface area contributed by atoms with Gasteiger partial charge in [0.15, 0.2) is 0 Å². The molecule has 17 heavy (non-hydrogen) atoms. The van der Waals surface area contributed by atoms with Crippen molar-refractivity contribution in [2.24, 2.45) is 0 Å². The third kappa shape index (κ3) is 14.5. The summed E-state index contributed by atoms with van der Waals surface area (Å²) in [6.45, 7) is 5.81. The van der Waals surface area contributed by atoms with E-state index in [1.807, 2.05) is 30.4 Å². The van der Waals surface area contributed by atoms with E-state index in [0.717, 1.165) is 12.8 Å². The molecule has 0 aliphatic heterocycles. The van der Waals surface area contributed by atoms with E-state index in [1.54, 1.807) is 6.08 Å². The maximum absolute atomic E-state index is 3.59. The van der Waals surface area contributed by atoms with Gasteiger partial charge in [0.2, 0.25) is 0 Å². The summed E-state index contributed by atoms with van der Waals surface area (Å²) in [5.74, 6) is 0. The highest BCUT2D eigenvalue weighted by Crippen LogP contribution is 1.98. The molecule has 0 heterocycles. The average molecular weight is 228 g/mol. The van der Waals surface area contributed by atoms with Gasteiger partial charge < -0.3 is 0 Å². The Hall–Kier alpha value is -1.52. The highest BCUT2D eigenvalue weighted by Gasteiger charge is 1.78. The van der Waals surface area contributed by atoms with Gasteiger partial charge in [0.05, 0.1) is 0 Å². The van der Waals surface area contributed by atoms with Crippen LogP contribution in [-0.2, 0) is 0 Å². The Morgan fingerprint density at radius 2 is 1.59 bits per heavy atom. The van der Waals surface area contributed by atoms with Gasteiger partial charge in [0.1, 0.15) is 0 Å². The lowest BCUT2D eigenvalue weighted by Crippen LogP contribution is -1.68. The van der Waals surface area contributed by atoms with Gasteiger partial charge in [-0.2, -0.15) is 0 Å². The van der Waals surface area contributed by atoms with Gasteiger partial charge in [0, 0.05) is 0 Å². The monoisotopic (exact) mass is 228 g/mol. The van der Waals surface area contributed by atoms with Crippen molar-refractivity contribution >= 4 is 0 Å². The molecule has 0 radical (unpaired) electrons. The molecular weight excluding hydrogens is 204 g/mol. The third-order valence-electron chi connectivity index (χ3n) is 2.16. The maximum Gasteiger partial charge on any atom is -0.0200 e. The fourth-order valence-electron chi connectivity index (χ4n) is 1.22. The molecule has 0 saturated heterocycles. The molecule has 0 bridgehead atoms. The van der Waals surface area contributed by atoms with Crippen LogP contribution in [0.1, 0.15) is 39.0 Å². The van der Waals surface area contributed by atoms with Crippen LogP contribution in [0.15, 0.2) is 67.0 Å². The van der Waals surface area contributed by atoms with Gasteiger partial charge in [0.25, 0.3) is 0 Å². The predicted molar refractivity (Wildman–Crippen MR) is 79.0 cm³/mol. The number of hydrogen-bond donors (Lipinski definition) is 0. The fourth-order valence-corrected chi connectivity index (χ4v) is 1.22. The van der Waals surface area contributed by atoms with Crippen LogP contribution >= 0.6 is 0 Å². The molecule has 0 amide bonds. The van der Waals surface area contributed by atoms with Crippen molar-refractivity contribution in [3.8, 4) is 0 Å². The van der Waals surface area contributed by atoms with Crippen LogP contribution in [0.3, 0.4) is 0 Å². The topological polar surface area (TPSA) is 0 Å². The molecule has 0 spiro atoms. The van der Waals surface area contributed by atoms with Crippen LogP contribution in [0, 0.1) is 0 Å². The Balaban J connectivity index is 3.54. The van der Waals surface area contributed by atoms with Gasteiger partial charge in [-0.15, -0.1) is 5.73 Å². The molecule has 0 fully saturated rings. The van der Waals surface area contributed by atoms with Crippen LogP contribution in [0.25, 0.3) is 0 Å². The smallest absolute Gasteiger partial charge is 0.0200 e. The molecule has 0 N–H and O–H groups in total. The lowest BCUT2D eigenvalue weighted by Gasteiger charge is -1.88. The quantitative estimate of drug-likeness (QED) is 0.211. The fraction of sp³-hybridized carbons (Fsp3) is 0.353. The van der Waals surface area contributed by atoms with E-state index in [2.05, 4.69) is 37.5 Å². The van der Waals surface area contributed by atoms with Crippen molar-refractivity contribution in [1.29, 1.82) is 0 Å². The van der Waals surface area contributed by atoms with Gasteiger partial charge in [-0.25, -0.2) is 0 Å². The lowest BCUT2D eigenvalue weighted by molar-refractivity contribution is 0.811. The minimum atomic E-state index is 1.10. The number of hydrogen-bond acceptors (Lipinski definition) is 0. The standard InChI is InChI=1S/C17H24/c1-3-5-7-9-11-13-15-17-16-14-12-10-8-6-4-2/h3,5,7,9-10,12-13,15,17H,1,4,6,8,14,16H2,2H3/b7-5+,12-10+,17-15+. The van der Waals surface area contributed by atoms with Crippen LogP contribution in [0.2, 0.25) is 0 Å². The molecule has 0 nitrogen and oxygen atoms in total. The summed E-state index contributed by atoms with van der Waals surface area (Å²) in [6.07, 6.45) is 24.1. The summed E-state index contributed by atoms with van der Waals surface area (Å²) >= 11 is 0.